The molecule has 0 atom stereocenters. The third kappa shape index (κ3) is 3.83. The Kier molecular flexibility index (Phi) is 5.67. The highest BCUT2D eigenvalue weighted by molar-refractivity contribution is 6.28. The van der Waals surface area contributed by atoms with Gasteiger partial charge in [-0.2, -0.15) is 0 Å². The fourth-order valence-electron chi connectivity index (χ4n) is 5.06. The minimum absolute atomic E-state index is 0.0778. The van der Waals surface area contributed by atoms with Gasteiger partial charge in [-0.05, 0) is 37.3 Å². The molecule has 37 heavy (non-hydrogen) atoms. The molecule has 9 nitrogen and oxygen atoms in total. The Bertz CT molecular complexity index is 1500. The zero-order chi connectivity index (χ0) is 25.5. The molecule has 2 heterocycles. The van der Waals surface area contributed by atoms with E-state index in [1.165, 1.54) is 0 Å². The average molecular weight is 499 g/mol. The Labute approximate surface area is 213 Å². The number of fused-ring (bicyclic) bond motifs is 2. The predicted molar refractivity (Wildman–Crippen MR) is 140 cm³/mol. The van der Waals surface area contributed by atoms with Crippen LogP contribution < -0.4 is 15.0 Å². The predicted octanol–water partition coefficient (Wildman–Crippen LogP) is 5.07. The van der Waals surface area contributed by atoms with Crippen molar-refractivity contribution in [3.8, 4) is 17.1 Å². The summed E-state index contributed by atoms with van der Waals surface area (Å²) >= 11 is 0. The largest absolute Gasteiger partial charge is 0.497 e. The van der Waals surface area contributed by atoms with Crippen LogP contribution in [0.5, 0.6) is 5.75 Å². The number of ether oxygens (including phenoxy) is 2. The molecule has 1 amide bonds. The Hall–Kier alpha value is -4.53. The smallest absolute Gasteiger partial charge is 0.409 e. The van der Waals surface area contributed by atoms with Crippen LogP contribution in [0.25, 0.3) is 22.2 Å². The van der Waals surface area contributed by atoms with Gasteiger partial charge in [-0.1, -0.05) is 29.4 Å². The summed E-state index contributed by atoms with van der Waals surface area (Å²) in [5.41, 5.74) is 4.83. The molecule has 0 radical (unpaired) electrons. The fraction of sp³-hybridized carbons (Fsp3) is 0.250. The molecule has 188 valence electrons. The highest BCUT2D eigenvalue weighted by Gasteiger charge is 2.34. The van der Waals surface area contributed by atoms with Crippen LogP contribution in [0.15, 0.2) is 59.1 Å². The van der Waals surface area contributed by atoms with Crippen LogP contribution >= 0.6 is 0 Å². The number of carbonyl (C=O) groups excluding carboxylic acids is 2. The van der Waals surface area contributed by atoms with Gasteiger partial charge >= 0.3 is 6.09 Å². The summed E-state index contributed by atoms with van der Waals surface area (Å²) in [6.45, 7) is 4.39. The maximum atomic E-state index is 13.8. The van der Waals surface area contributed by atoms with E-state index in [9.17, 15) is 9.59 Å². The molecule has 1 saturated heterocycles. The maximum Gasteiger partial charge on any atom is 0.409 e. The highest BCUT2D eigenvalue weighted by Crippen LogP contribution is 2.46. The maximum absolute atomic E-state index is 13.8. The van der Waals surface area contributed by atoms with Gasteiger partial charge in [-0.15, -0.1) is 0 Å². The lowest BCUT2D eigenvalue weighted by Gasteiger charge is -2.36. The molecule has 0 saturated carbocycles. The number of amides is 1. The summed E-state index contributed by atoms with van der Waals surface area (Å²) in [5, 5.41) is 8.58. The summed E-state index contributed by atoms with van der Waals surface area (Å²) in [7, 11) is 1.62. The minimum atomic E-state index is -0.301. The van der Waals surface area contributed by atoms with E-state index in [0.717, 1.165) is 22.7 Å². The van der Waals surface area contributed by atoms with Crippen LogP contribution in [-0.2, 0) is 4.74 Å². The summed E-state index contributed by atoms with van der Waals surface area (Å²) in [6, 6.07) is 16.9. The van der Waals surface area contributed by atoms with Crippen LogP contribution in [0.4, 0.5) is 21.9 Å². The van der Waals surface area contributed by atoms with E-state index in [0.29, 0.717) is 66.3 Å². The molecule has 3 aromatic carbocycles. The molecule has 0 unspecified atom stereocenters. The first-order valence-electron chi connectivity index (χ1n) is 12.3. The summed E-state index contributed by atoms with van der Waals surface area (Å²) in [6.07, 6.45) is -0.301. The van der Waals surface area contributed by atoms with Crippen molar-refractivity contribution in [2.75, 3.05) is 50.1 Å². The molecule has 4 aromatic rings. The van der Waals surface area contributed by atoms with Gasteiger partial charge in [-0.3, -0.25) is 4.79 Å². The monoisotopic (exact) mass is 498 g/mol. The third-order valence-corrected chi connectivity index (χ3v) is 6.89. The van der Waals surface area contributed by atoms with Crippen LogP contribution in [0, 0.1) is 0 Å². The van der Waals surface area contributed by atoms with Gasteiger partial charge in [0.25, 0.3) is 0 Å². The number of hydrogen-bond donors (Lipinski definition) is 1. The number of hydrogen-bond acceptors (Lipinski definition) is 8. The van der Waals surface area contributed by atoms with Crippen molar-refractivity contribution in [3.63, 3.8) is 0 Å². The van der Waals surface area contributed by atoms with Gasteiger partial charge in [0.05, 0.1) is 36.0 Å². The first-order valence-corrected chi connectivity index (χ1v) is 12.3. The zero-order valence-electron chi connectivity index (χ0n) is 20.6. The first-order chi connectivity index (χ1) is 18.1. The SMILES string of the molecule is CCOC(=O)N1CCN(c2cc(Nc3ccc(OC)cc3)c3c4c(onc24)-c2ccccc2C3=O)CC1. The molecule has 1 aliphatic carbocycles. The number of ketones is 1. The first kappa shape index (κ1) is 22.9. The second-order valence-electron chi connectivity index (χ2n) is 8.95. The van der Waals surface area contributed by atoms with Gasteiger partial charge in [-0.25, -0.2) is 4.79 Å². The molecule has 1 aromatic heterocycles. The van der Waals surface area contributed by atoms with Crippen molar-refractivity contribution in [2.24, 2.45) is 0 Å². The van der Waals surface area contributed by atoms with Gasteiger partial charge in [0, 0.05) is 43.0 Å². The van der Waals surface area contributed by atoms with Crippen LogP contribution in [0.2, 0.25) is 0 Å². The van der Waals surface area contributed by atoms with E-state index in [4.69, 9.17) is 14.0 Å². The number of carbonyl (C=O) groups is 2. The van der Waals surface area contributed by atoms with Crippen molar-refractivity contribution >= 4 is 39.8 Å². The molecule has 1 aliphatic heterocycles. The van der Waals surface area contributed by atoms with Crippen LogP contribution in [-0.4, -0.2) is 61.8 Å². The lowest BCUT2D eigenvalue weighted by molar-refractivity contribution is 0.103. The van der Waals surface area contributed by atoms with Crippen molar-refractivity contribution in [1.29, 1.82) is 0 Å². The molecule has 1 N–H and O–H groups in total. The van der Waals surface area contributed by atoms with E-state index in [2.05, 4.69) is 15.4 Å². The van der Waals surface area contributed by atoms with Crippen molar-refractivity contribution < 1.29 is 23.6 Å². The molecule has 0 bridgehead atoms. The number of piperazine rings is 1. The Morgan fingerprint density at radius 3 is 2.49 bits per heavy atom. The lowest BCUT2D eigenvalue weighted by atomic mass is 9.86. The number of methoxy groups -OCH3 is 1. The normalized spacial score (nSPS) is 14.5. The number of benzene rings is 3. The number of aromatic nitrogens is 1. The van der Waals surface area contributed by atoms with E-state index in [1.54, 1.807) is 18.9 Å². The Morgan fingerprint density at radius 1 is 1.05 bits per heavy atom. The number of nitrogens with one attached hydrogen (secondary N) is 1. The van der Waals surface area contributed by atoms with E-state index in [-0.39, 0.29) is 11.9 Å². The zero-order valence-corrected chi connectivity index (χ0v) is 20.6. The van der Waals surface area contributed by atoms with Crippen molar-refractivity contribution in [1.82, 2.24) is 10.1 Å². The second-order valence-corrected chi connectivity index (χ2v) is 8.95. The molecule has 2 aliphatic rings. The molecule has 9 heteroatoms. The number of anilines is 3. The molecular weight excluding hydrogens is 472 g/mol. The average Bonchev–Trinajstić information content (AvgIpc) is 3.38. The highest BCUT2D eigenvalue weighted by atomic mass is 16.6. The van der Waals surface area contributed by atoms with Gasteiger partial charge < -0.3 is 29.1 Å². The lowest BCUT2D eigenvalue weighted by Crippen LogP contribution is -2.49. The Balaban J connectivity index is 1.45. The second kappa shape index (κ2) is 9.16. The summed E-state index contributed by atoms with van der Waals surface area (Å²) in [5.74, 6) is 1.25. The number of nitrogens with zero attached hydrogens (tertiary/aromatic N) is 3. The summed E-state index contributed by atoms with van der Waals surface area (Å²) < 4.78 is 16.3. The van der Waals surface area contributed by atoms with E-state index < -0.39 is 0 Å². The van der Waals surface area contributed by atoms with Crippen molar-refractivity contribution in [2.45, 2.75) is 6.92 Å². The third-order valence-electron chi connectivity index (χ3n) is 6.89. The van der Waals surface area contributed by atoms with Crippen LogP contribution in [0.3, 0.4) is 0 Å². The van der Waals surface area contributed by atoms with E-state index >= 15 is 0 Å². The minimum Gasteiger partial charge on any atom is -0.497 e. The molecule has 6 rings (SSSR count). The molecule has 1 fully saturated rings. The molecule has 0 spiro atoms. The van der Waals surface area contributed by atoms with Crippen molar-refractivity contribution in [3.05, 3.63) is 65.7 Å². The topological polar surface area (TPSA) is 97.1 Å². The number of rotatable bonds is 5. The standard InChI is InChI=1S/C28H26N4O5/c1-3-36-28(34)32-14-12-31(13-15-32)22-16-21(29-17-8-10-18(35-2)11-9-17)23-24-25(22)30-37-27(24)20-7-5-4-6-19(20)26(23)33/h4-11,16,29H,3,12-15H2,1-2H3. The van der Waals surface area contributed by atoms with Gasteiger partial charge in [0.2, 0.25) is 0 Å². The fourth-order valence-corrected chi connectivity index (χ4v) is 5.06. The van der Waals surface area contributed by atoms with E-state index in [1.807, 2.05) is 54.6 Å². The van der Waals surface area contributed by atoms with Crippen LogP contribution in [0.1, 0.15) is 22.8 Å². The summed E-state index contributed by atoms with van der Waals surface area (Å²) in [4.78, 5) is 29.9. The van der Waals surface area contributed by atoms with Gasteiger partial charge in [0.1, 0.15) is 11.3 Å². The molecular formula is C28H26N4O5. The van der Waals surface area contributed by atoms with Gasteiger partial charge in [0.15, 0.2) is 11.5 Å². The quantitative estimate of drug-likeness (QED) is 0.359. The Morgan fingerprint density at radius 2 is 1.78 bits per heavy atom.